The Hall–Kier alpha value is -0.900. The Morgan fingerprint density at radius 1 is 1.36 bits per heavy atom. The van der Waals surface area contributed by atoms with E-state index in [-0.39, 0.29) is 0 Å². The molecule has 1 aromatic rings. The Labute approximate surface area is 85.2 Å². The number of ether oxygens (including phenoxy) is 1. The third-order valence-corrected chi connectivity index (χ3v) is 2.09. The summed E-state index contributed by atoms with van der Waals surface area (Å²) in [6.07, 6.45) is 0.934. The summed E-state index contributed by atoms with van der Waals surface area (Å²) in [6, 6.07) is 10.5. The van der Waals surface area contributed by atoms with E-state index in [0.717, 1.165) is 13.0 Å². The minimum absolute atomic E-state index is 0.311. The summed E-state index contributed by atoms with van der Waals surface area (Å²) in [6.45, 7) is 3.45. The lowest BCUT2D eigenvalue weighted by Crippen LogP contribution is -2.33. The van der Waals surface area contributed by atoms with Crippen LogP contribution < -0.4 is 11.3 Å². The van der Waals surface area contributed by atoms with Gasteiger partial charge in [-0.1, -0.05) is 30.3 Å². The van der Waals surface area contributed by atoms with Crippen LogP contribution in [0.1, 0.15) is 18.9 Å². The molecule has 14 heavy (non-hydrogen) atoms. The molecule has 1 rings (SSSR count). The van der Waals surface area contributed by atoms with E-state index in [2.05, 4.69) is 17.6 Å². The maximum atomic E-state index is 5.50. The highest BCUT2D eigenvalue weighted by molar-refractivity contribution is 5.13. The van der Waals surface area contributed by atoms with Gasteiger partial charge in [-0.15, -0.1) is 0 Å². The van der Waals surface area contributed by atoms with Crippen LogP contribution in [-0.2, 0) is 11.3 Å². The van der Waals surface area contributed by atoms with Crippen LogP contribution in [0.2, 0.25) is 0 Å². The normalized spacial score (nSPS) is 12.7. The van der Waals surface area contributed by atoms with Crippen LogP contribution in [0.4, 0.5) is 0 Å². The molecule has 0 aliphatic heterocycles. The Balaban J connectivity index is 2.10. The Morgan fingerprint density at radius 2 is 2.07 bits per heavy atom. The first-order chi connectivity index (χ1) is 6.83. The molecule has 0 radical (unpaired) electrons. The number of nitrogens with one attached hydrogen (secondary N) is 1. The van der Waals surface area contributed by atoms with E-state index in [0.29, 0.717) is 12.6 Å². The highest BCUT2D eigenvalue weighted by Gasteiger charge is 1.97. The van der Waals surface area contributed by atoms with Crippen molar-refractivity contribution < 1.29 is 4.74 Å². The van der Waals surface area contributed by atoms with Gasteiger partial charge in [0.2, 0.25) is 0 Å². The summed E-state index contributed by atoms with van der Waals surface area (Å²) in [5, 5.41) is 0. The molecule has 1 aromatic carbocycles. The standard InChI is InChI=1S/C11H18N2O/c1-10(13-12)7-8-14-9-11-5-3-2-4-6-11/h2-6,10,13H,7-9,12H2,1H3. The van der Waals surface area contributed by atoms with E-state index >= 15 is 0 Å². The van der Waals surface area contributed by atoms with E-state index < -0.39 is 0 Å². The summed E-state index contributed by atoms with van der Waals surface area (Å²) in [5.41, 5.74) is 3.89. The van der Waals surface area contributed by atoms with Crippen molar-refractivity contribution in [3.63, 3.8) is 0 Å². The molecule has 1 unspecified atom stereocenters. The van der Waals surface area contributed by atoms with E-state index in [1.54, 1.807) is 0 Å². The van der Waals surface area contributed by atoms with Crippen molar-refractivity contribution >= 4 is 0 Å². The predicted molar refractivity (Wildman–Crippen MR) is 57.5 cm³/mol. The minimum Gasteiger partial charge on any atom is -0.377 e. The molecule has 3 heteroatoms. The molecule has 0 saturated heterocycles. The van der Waals surface area contributed by atoms with Gasteiger partial charge in [-0.05, 0) is 18.9 Å². The molecule has 0 amide bonds. The summed E-state index contributed by atoms with van der Waals surface area (Å²) < 4.78 is 5.50. The maximum absolute atomic E-state index is 5.50. The van der Waals surface area contributed by atoms with Crippen LogP contribution in [0.25, 0.3) is 0 Å². The second-order valence-electron chi connectivity index (χ2n) is 3.39. The number of rotatable bonds is 6. The number of hydrogen-bond donors (Lipinski definition) is 2. The zero-order valence-corrected chi connectivity index (χ0v) is 8.57. The highest BCUT2D eigenvalue weighted by Crippen LogP contribution is 2.01. The van der Waals surface area contributed by atoms with Gasteiger partial charge in [-0.2, -0.15) is 0 Å². The fourth-order valence-electron chi connectivity index (χ4n) is 1.11. The lowest BCUT2D eigenvalue weighted by molar-refractivity contribution is 0.112. The molecule has 0 spiro atoms. The van der Waals surface area contributed by atoms with Gasteiger partial charge < -0.3 is 4.74 Å². The second kappa shape index (κ2) is 6.54. The molecule has 0 aliphatic carbocycles. The average molecular weight is 194 g/mol. The molecule has 0 heterocycles. The van der Waals surface area contributed by atoms with E-state index in [1.807, 2.05) is 25.1 Å². The first-order valence-electron chi connectivity index (χ1n) is 4.90. The molecule has 0 saturated carbocycles. The number of benzene rings is 1. The summed E-state index contributed by atoms with van der Waals surface area (Å²) in [5.74, 6) is 5.26. The lowest BCUT2D eigenvalue weighted by Gasteiger charge is -2.09. The van der Waals surface area contributed by atoms with Crippen molar-refractivity contribution in [2.24, 2.45) is 5.84 Å². The van der Waals surface area contributed by atoms with Gasteiger partial charge >= 0.3 is 0 Å². The Bertz CT molecular complexity index is 238. The van der Waals surface area contributed by atoms with Gasteiger partial charge in [0.1, 0.15) is 0 Å². The molecular formula is C11H18N2O. The monoisotopic (exact) mass is 194 g/mol. The Morgan fingerprint density at radius 3 is 2.71 bits per heavy atom. The Kier molecular flexibility index (Phi) is 5.22. The van der Waals surface area contributed by atoms with Crippen molar-refractivity contribution in [3.8, 4) is 0 Å². The van der Waals surface area contributed by atoms with Gasteiger partial charge in [0.05, 0.1) is 6.61 Å². The van der Waals surface area contributed by atoms with E-state index in [4.69, 9.17) is 10.6 Å². The molecule has 0 fully saturated rings. The lowest BCUT2D eigenvalue weighted by atomic mass is 10.2. The van der Waals surface area contributed by atoms with Crippen molar-refractivity contribution in [1.82, 2.24) is 5.43 Å². The average Bonchev–Trinajstić information content (AvgIpc) is 2.25. The number of hydrazine groups is 1. The van der Waals surface area contributed by atoms with Crippen LogP contribution in [0.15, 0.2) is 30.3 Å². The van der Waals surface area contributed by atoms with Crippen molar-refractivity contribution in [2.45, 2.75) is 26.0 Å². The molecule has 78 valence electrons. The molecule has 0 aromatic heterocycles. The number of hydrogen-bond acceptors (Lipinski definition) is 3. The topological polar surface area (TPSA) is 47.3 Å². The summed E-state index contributed by atoms with van der Waals surface area (Å²) in [7, 11) is 0. The first kappa shape index (κ1) is 11.2. The SMILES string of the molecule is CC(CCOCc1ccccc1)NN. The van der Waals surface area contributed by atoms with E-state index in [1.165, 1.54) is 5.56 Å². The molecular weight excluding hydrogens is 176 g/mol. The smallest absolute Gasteiger partial charge is 0.0716 e. The van der Waals surface area contributed by atoms with Crippen molar-refractivity contribution in [3.05, 3.63) is 35.9 Å². The van der Waals surface area contributed by atoms with Gasteiger partial charge in [0.15, 0.2) is 0 Å². The van der Waals surface area contributed by atoms with Gasteiger partial charge in [0.25, 0.3) is 0 Å². The summed E-state index contributed by atoms with van der Waals surface area (Å²) >= 11 is 0. The highest BCUT2D eigenvalue weighted by atomic mass is 16.5. The van der Waals surface area contributed by atoms with Crippen LogP contribution in [0, 0.1) is 0 Å². The van der Waals surface area contributed by atoms with Gasteiger partial charge in [0, 0.05) is 12.6 Å². The van der Waals surface area contributed by atoms with Crippen molar-refractivity contribution in [2.75, 3.05) is 6.61 Å². The number of nitrogens with two attached hydrogens (primary N) is 1. The first-order valence-corrected chi connectivity index (χ1v) is 4.90. The van der Waals surface area contributed by atoms with Gasteiger partial charge in [-0.3, -0.25) is 11.3 Å². The van der Waals surface area contributed by atoms with Crippen LogP contribution in [0.3, 0.4) is 0 Å². The van der Waals surface area contributed by atoms with Crippen LogP contribution in [0.5, 0.6) is 0 Å². The van der Waals surface area contributed by atoms with Crippen molar-refractivity contribution in [1.29, 1.82) is 0 Å². The molecule has 0 bridgehead atoms. The van der Waals surface area contributed by atoms with Crippen LogP contribution >= 0.6 is 0 Å². The van der Waals surface area contributed by atoms with Gasteiger partial charge in [-0.25, -0.2) is 0 Å². The third kappa shape index (κ3) is 4.37. The zero-order valence-electron chi connectivity index (χ0n) is 8.57. The molecule has 3 nitrogen and oxygen atoms in total. The fourth-order valence-corrected chi connectivity index (χ4v) is 1.11. The molecule has 3 N–H and O–H groups in total. The third-order valence-electron chi connectivity index (χ3n) is 2.09. The summed E-state index contributed by atoms with van der Waals surface area (Å²) in [4.78, 5) is 0. The zero-order chi connectivity index (χ0) is 10.2. The quantitative estimate of drug-likeness (QED) is 0.409. The second-order valence-corrected chi connectivity index (χ2v) is 3.39. The largest absolute Gasteiger partial charge is 0.377 e. The minimum atomic E-state index is 0.311. The fraction of sp³-hybridized carbons (Fsp3) is 0.455. The van der Waals surface area contributed by atoms with E-state index in [9.17, 15) is 0 Å². The molecule has 1 atom stereocenters. The molecule has 0 aliphatic rings. The predicted octanol–water partition coefficient (Wildman–Crippen LogP) is 1.45. The maximum Gasteiger partial charge on any atom is 0.0716 e. The van der Waals surface area contributed by atoms with Crippen LogP contribution in [-0.4, -0.2) is 12.6 Å².